The molecule has 0 aliphatic carbocycles. The maximum Gasteiger partial charge on any atom is 0.271 e. The first-order valence-corrected chi connectivity index (χ1v) is 6.94. The van der Waals surface area contributed by atoms with Crippen LogP contribution in [0.3, 0.4) is 0 Å². The Morgan fingerprint density at radius 3 is 2.86 bits per heavy atom. The number of nitro groups is 1. The van der Waals surface area contributed by atoms with Gasteiger partial charge in [0.1, 0.15) is 12.8 Å². The highest BCUT2D eigenvalue weighted by Crippen LogP contribution is 2.34. The number of nitrogens with zero attached hydrogens (tertiary/aromatic N) is 3. The number of carbonyl (C=O) groups excluding carboxylic acids is 2. The van der Waals surface area contributed by atoms with Crippen molar-refractivity contribution in [3.63, 3.8) is 0 Å². The number of methoxy groups -OCH3 is 1. The van der Waals surface area contributed by atoms with E-state index in [4.69, 9.17) is 4.74 Å². The number of carbonyl (C=O) groups is 2. The van der Waals surface area contributed by atoms with Crippen molar-refractivity contribution in [1.29, 1.82) is 0 Å². The van der Waals surface area contributed by atoms with E-state index in [2.05, 4.69) is 0 Å². The lowest BCUT2D eigenvalue weighted by molar-refractivity contribution is -0.384. The van der Waals surface area contributed by atoms with Gasteiger partial charge in [0.25, 0.3) is 17.5 Å². The number of nitro benzene ring substituents is 1. The molecule has 2 amide bonds. The molecule has 0 spiro atoms. The van der Waals surface area contributed by atoms with E-state index >= 15 is 0 Å². The summed E-state index contributed by atoms with van der Waals surface area (Å²) in [5.74, 6) is -0.522. The number of anilines is 1. The number of benzene rings is 1. The van der Waals surface area contributed by atoms with Crippen molar-refractivity contribution < 1.29 is 19.2 Å². The van der Waals surface area contributed by atoms with Gasteiger partial charge in [-0.25, -0.2) is 0 Å². The molecule has 8 heteroatoms. The van der Waals surface area contributed by atoms with Crippen molar-refractivity contribution >= 4 is 23.2 Å². The molecule has 1 unspecified atom stereocenters. The van der Waals surface area contributed by atoms with E-state index in [1.807, 2.05) is 0 Å². The first kappa shape index (κ1) is 14.5. The standard InChI is InChI=1S/C14H15N3O5/c1-22-8-16-12-7-9(17(20)21)4-5-10(12)13(18)15-6-2-3-11(15)14(16)19/h4-5,7,11H,2-3,6,8H2,1H3. The van der Waals surface area contributed by atoms with Crippen LogP contribution in [0, 0.1) is 10.1 Å². The van der Waals surface area contributed by atoms with Crippen LogP contribution in [-0.2, 0) is 9.53 Å². The Balaban J connectivity index is 2.16. The average Bonchev–Trinajstić information content (AvgIpc) is 2.97. The van der Waals surface area contributed by atoms with Crippen LogP contribution in [0.1, 0.15) is 23.2 Å². The molecular formula is C14H15N3O5. The molecular weight excluding hydrogens is 290 g/mol. The highest BCUT2D eigenvalue weighted by atomic mass is 16.6. The smallest absolute Gasteiger partial charge is 0.271 e. The Kier molecular flexibility index (Phi) is 3.53. The summed E-state index contributed by atoms with van der Waals surface area (Å²) in [5.41, 5.74) is 0.364. The van der Waals surface area contributed by atoms with Gasteiger partial charge in [0.2, 0.25) is 0 Å². The summed E-state index contributed by atoms with van der Waals surface area (Å²) in [7, 11) is 1.43. The minimum absolute atomic E-state index is 0.0510. The Morgan fingerprint density at radius 2 is 2.18 bits per heavy atom. The van der Waals surface area contributed by atoms with Gasteiger partial charge < -0.3 is 9.64 Å². The lowest BCUT2D eigenvalue weighted by Gasteiger charge is -2.24. The molecule has 116 valence electrons. The van der Waals surface area contributed by atoms with E-state index < -0.39 is 11.0 Å². The van der Waals surface area contributed by atoms with Crippen LogP contribution in [0.2, 0.25) is 0 Å². The van der Waals surface area contributed by atoms with Gasteiger partial charge in [-0.3, -0.25) is 24.6 Å². The Hall–Kier alpha value is -2.48. The van der Waals surface area contributed by atoms with E-state index in [-0.39, 0.29) is 29.9 Å². The molecule has 0 bridgehead atoms. The molecule has 0 N–H and O–H groups in total. The van der Waals surface area contributed by atoms with E-state index in [1.165, 1.54) is 30.2 Å². The summed E-state index contributed by atoms with van der Waals surface area (Å²) in [5, 5.41) is 11.0. The van der Waals surface area contributed by atoms with Gasteiger partial charge in [0, 0.05) is 25.8 Å². The molecule has 8 nitrogen and oxygen atoms in total. The Morgan fingerprint density at radius 1 is 1.41 bits per heavy atom. The highest BCUT2D eigenvalue weighted by Gasteiger charge is 2.42. The fourth-order valence-corrected chi connectivity index (χ4v) is 3.02. The normalized spacial score (nSPS) is 20.7. The van der Waals surface area contributed by atoms with Crippen molar-refractivity contribution in [1.82, 2.24) is 4.90 Å². The number of hydrogen-bond donors (Lipinski definition) is 0. The van der Waals surface area contributed by atoms with Crippen LogP contribution >= 0.6 is 0 Å². The predicted molar refractivity (Wildman–Crippen MR) is 76.5 cm³/mol. The average molecular weight is 305 g/mol. The molecule has 2 heterocycles. The summed E-state index contributed by atoms with van der Waals surface area (Å²) in [4.78, 5) is 38.6. The van der Waals surface area contributed by atoms with Gasteiger partial charge >= 0.3 is 0 Å². The lowest BCUT2D eigenvalue weighted by Crippen LogP contribution is -2.45. The largest absolute Gasteiger partial charge is 0.364 e. The van der Waals surface area contributed by atoms with E-state index in [0.29, 0.717) is 18.5 Å². The molecule has 1 atom stereocenters. The predicted octanol–water partition coefficient (Wildman–Crippen LogP) is 1.15. The van der Waals surface area contributed by atoms with E-state index in [9.17, 15) is 19.7 Å². The molecule has 0 aromatic heterocycles. The molecule has 2 aliphatic rings. The second-order valence-corrected chi connectivity index (χ2v) is 5.30. The minimum Gasteiger partial charge on any atom is -0.364 e. The third-order valence-corrected chi connectivity index (χ3v) is 4.04. The molecule has 0 saturated carbocycles. The molecule has 3 rings (SSSR count). The maximum absolute atomic E-state index is 12.7. The highest BCUT2D eigenvalue weighted by molar-refractivity contribution is 6.11. The summed E-state index contributed by atoms with van der Waals surface area (Å²) >= 11 is 0. The third-order valence-electron chi connectivity index (χ3n) is 4.04. The van der Waals surface area contributed by atoms with Crippen LogP contribution in [0.5, 0.6) is 0 Å². The first-order valence-electron chi connectivity index (χ1n) is 6.94. The molecule has 2 aliphatic heterocycles. The van der Waals surface area contributed by atoms with E-state index in [0.717, 1.165) is 6.42 Å². The quantitative estimate of drug-likeness (QED) is 0.617. The Bertz CT molecular complexity index is 660. The minimum atomic E-state index is -0.549. The van der Waals surface area contributed by atoms with Gasteiger partial charge in [-0.2, -0.15) is 0 Å². The maximum atomic E-state index is 12.7. The fraction of sp³-hybridized carbons (Fsp3) is 0.429. The summed E-state index contributed by atoms with van der Waals surface area (Å²) in [6.45, 7) is 0.469. The van der Waals surface area contributed by atoms with Crippen LogP contribution in [-0.4, -0.2) is 48.1 Å². The molecule has 0 radical (unpaired) electrons. The van der Waals surface area contributed by atoms with Crippen LogP contribution in [0.25, 0.3) is 0 Å². The third kappa shape index (κ3) is 2.12. The number of non-ortho nitro benzene ring substituents is 1. The first-order chi connectivity index (χ1) is 10.5. The number of ether oxygens (including phenoxy) is 1. The van der Waals surface area contributed by atoms with Crippen molar-refractivity contribution in [2.75, 3.05) is 25.3 Å². The SMILES string of the molecule is COCN1C(=O)C2CCCN2C(=O)c2ccc([N+](=O)[O-])cc21. The van der Waals surface area contributed by atoms with Crippen LogP contribution in [0.4, 0.5) is 11.4 Å². The van der Waals surface area contributed by atoms with Gasteiger partial charge in [-0.05, 0) is 18.9 Å². The van der Waals surface area contributed by atoms with Crippen LogP contribution < -0.4 is 4.90 Å². The van der Waals surface area contributed by atoms with Crippen molar-refractivity contribution in [3.05, 3.63) is 33.9 Å². The van der Waals surface area contributed by atoms with Gasteiger partial charge in [0.15, 0.2) is 0 Å². The molecule has 22 heavy (non-hydrogen) atoms. The summed E-state index contributed by atoms with van der Waals surface area (Å²) < 4.78 is 5.05. The number of hydrogen-bond acceptors (Lipinski definition) is 5. The van der Waals surface area contributed by atoms with Gasteiger partial charge in [-0.1, -0.05) is 0 Å². The molecule has 1 saturated heterocycles. The number of rotatable bonds is 3. The number of fused-ring (bicyclic) bond motifs is 2. The van der Waals surface area contributed by atoms with Gasteiger partial charge in [-0.15, -0.1) is 0 Å². The Labute approximate surface area is 126 Å². The topological polar surface area (TPSA) is 93.0 Å². The van der Waals surface area contributed by atoms with Crippen LogP contribution in [0.15, 0.2) is 18.2 Å². The van der Waals surface area contributed by atoms with Crippen molar-refractivity contribution in [2.45, 2.75) is 18.9 Å². The zero-order chi connectivity index (χ0) is 15.9. The van der Waals surface area contributed by atoms with Crippen molar-refractivity contribution in [2.24, 2.45) is 0 Å². The lowest BCUT2D eigenvalue weighted by atomic mass is 10.1. The summed E-state index contributed by atoms with van der Waals surface area (Å²) in [6.07, 6.45) is 1.37. The van der Waals surface area contributed by atoms with Gasteiger partial charge in [0.05, 0.1) is 16.2 Å². The zero-order valence-corrected chi connectivity index (χ0v) is 12.0. The second kappa shape index (κ2) is 5.38. The molecule has 1 aromatic rings. The van der Waals surface area contributed by atoms with E-state index in [1.54, 1.807) is 4.90 Å². The monoisotopic (exact) mass is 305 g/mol. The molecule has 1 fully saturated rings. The van der Waals surface area contributed by atoms with Crippen molar-refractivity contribution in [3.8, 4) is 0 Å². The summed E-state index contributed by atoms with van der Waals surface area (Å²) in [6, 6.07) is 3.43. The zero-order valence-electron chi connectivity index (χ0n) is 12.0. The fourth-order valence-electron chi connectivity index (χ4n) is 3.02. The second-order valence-electron chi connectivity index (χ2n) is 5.30. The number of amides is 2. The molecule has 1 aromatic carbocycles.